The van der Waals surface area contributed by atoms with Crippen molar-refractivity contribution < 1.29 is 42.9 Å². The van der Waals surface area contributed by atoms with Gasteiger partial charge in [-0.1, -0.05) is 25.1 Å². The first-order valence-corrected chi connectivity index (χ1v) is 18.2. The topological polar surface area (TPSA) is 226 Å². The summed E-state index contributed by atoms with van der Waals surface area (Å²) >= 11 is 0. The normalized spacial score (nSPS) is 12.4. The maximum absolute atomic E-state index is 11.7. The summed E-state index contributed by atoms with van der Waals surface area (Å²) in [6, 6.07) is 11.2. The van der Waals surface area contributed by atoms with Crippen molar-refractivity contribution in [2.24, 2.45) is 10.2 Å². The first-order chi connectivity index (χ1) is 21.2. The summed E-state index contributed by atoms with van der Waals surface area (Å²) in [4.78, 5) is 13.2. The molecule has 0 unspecified atom stereocenters. The van der Waals surface area contributed by atoms with Crippen LogP contribution in [0.1, 0.15) is 36.1 Å². The predicted octanol–water partition coefficient (Wildman–Crippen LogP) is 2.96. The SMILES string of the molecule is CCc1nc(Cc2ccc(N=Nc3cccc(CS(=O)(=O)O)c3)cc2OCCCS(=O)(=O)OC)nc(NCCS(=O)(=O)OC)n1. The highest BCUT2D eigenvalue weighted by Gasteiger charge is 2.14. The van der Waals surface area contributed by atoms with E-state index in [1.54, 1.807) is 30.3 Å². The fourth-order valence-electron chi connectivity index (χ4n) is 3.75. The first-order valence-electron chi connectivity index (χ1n) is 13.5. The number of benzene rings is 2. The fourth-order valence-corrected chi connectivity index (χ4v) is 5.51. The van der Waals surface area contributed by atoms with Crippen LogP contribution < -0.4 is 10.1 Å². The molecule has 2 aromatic carbocycles. The number of nitrogens with zero attached hydrogens (tertiary/aromatic N) is 5. The van der Waals surface area contributed by atoms with Gasteiger partial charge in [-0.05, 0) is 30.2 Å². The number of aromatic nitrogens is 3. The number of azo groups is 1. The summed E-state index contributed by atoms with van der Waals surface area (Å²) in [6.45, 7) is 1.91. The molecule has 16 nitrogen and oxygen atoms in total. The maximum Gasteiger partial charge on any atom is 0.269 e. The van der Waals surface area contributed by atoms with E-state index < -0.39 is 36.1 Å². The van der Waals surface area contributed by atoms with Crippen molar-refractivity contribution >= 4 is 47.7 Å². The van der Waals surface area contributed by atoms with Crippen molar-refractivity contribution in [1.29, 1.82) is 0 Å². The number of nitrogens with one attached hydrogen (secondary N) is 1. The molecule has 0 radical (unpaired) electrons. The number of anilines is 1. The van der Waals surface area contributed by atoms with Gasteiger partial charge in [0, 0.05) is 31.0 Å². The van der Waals surface area contributed by atoms with Gasteiger partial charge >= 0.3 is 0 Å². The molecule has 0 aliphatic heterocycles. The van der Waals surface area contributed by atoms with E-state index in [2.05, 4.69) is 38.9 Å². The van der Waals surface area contributed by atoms with E-state index in [4.69, 9.17) is 9.29 Å². The predicted molar refractivity (Wildman–Crippen MR) is 165 cm³/mol. The van der Waals surface area contributed by atoms with Gasteiger partial charge in [-0.15, -0.1) is 0 Å². The highest BCUT2D eigenvalue weighted by atomic mass is 32.2. The highest BCUT2D eigenvalue weighted by Crippen LogP contribution is 2.29. The molecular weight excluding hydrogens is 653 g/mol. The van der Waals surface area contributed by atoms with Gasteiger partial charge in [0.2, 0.25) is 5.95 Å². The lowest BCUT2D eigenvalue weighted by Gasteiger charge is -2.13. The molecule has 1 heterocycles. The smallest absolute Gasteiger partial charge is 0.269 e. The van der Waals surface area contributed by atoms with Crippen LogP contribution in [-0.4, -0.2) is 83.6 Å². The molecule has 0 amide bonds. The Kier molecular flexibility index (Phi) is 12.8. The molecule has 3 rings (SSSR count). The molecule has 0 saturated carbocycles. The molecule has 1 aromatic heterocycles. The van der Waals surface area contributed by atoms with Crippen LogP contribution in [-0.2, 0) is 57.3 Å². The Morgan fingerprint density at radius 2 is 1.51 bits per heavy atom. The third-order valence-corrected chi connectivity index (χ3v) is 9.13. The van der Waals surface area contributed by atoms with Crippen LogP contribution in [0, 0.1) is 0 Å². The third-order valence-electron chi connectivity index (χ3n) is 5.92. The Morgan fingerprint density at radius 1 is 0.844 bits per heavy atom. The summed E-state index contributed by atoms with van der Waals surface area (Å²) in [6.07, 6.45) is 0.816. The van der Waals surface area contributed by atoms with Crippen LogP contribution in [0.4, 0.5) is 17.3 Å². The minimum atomic E-state index is -4.22. The van der Waals surface area contributed by atoms with E-state index in [0.717, 1.165) is 14.2 Å². The van der Waals surface area contributed by atoms with Gasteiger partial charge in [-0.2, -0.15) is 45.4 Å². The van der Waals surface area contributed by atoms with E-state index in [1.807, 2.05) is 6.92 Å². The van der Waals surface area contributed by atoms with Crippen LogP contribution in [0.2, 0.25) is 0 Å². The lowest BCUT2D eigenvalue weighted by atomic mass is 10.1. The van der Waals surface area contributed by atoms with E-state index >= 15 is 0 Å². The quantitative estimate of drug-likeness (QED) is 0.0849. The second-order valence-electron chi connectivity index (χ2n) is 9.40. The van der Waals surface area contributed by atoms with Crippen molar-refractivity contribution in [3.05, 3.63) is 65.2 Å². The van der Waals surface area contributed by atoms with Crippen molar-refractivity contribution in [1.82, 2.24) is 15.0 Å². The Bertz CT molecular complexity index is 1820. The zero-order chi connectivity index (χ0) is 33.1. The molecule has 45 heavy (non-hydrogen) atoms. The molecule has 0 atom stereocenters. The molecule has 0 aliphatic carbocycles. The Hall–Kier alpha value is -3.62. The lowest BCUT2D eigenvalue weighted by Crippen LogP contribution is -2.19. The molecule has 0 saturated heterocycles. The molecular formula is C26H34N6O10S3. The lowest BCUT2D eigenvalue weighted by molar-refractivity contribution is 0.311. The molecule has 19 heteroatoms. The maximum atomic E-state index is 11.7. The van der Waals surface area contributed by atoms with Gasteiger partial charge in [-0.3, -0.25) is 12.9 Å². The van der Waals surface area contributed by atoms with E-state index in [1.165, 1.54) is 12.1 Å². The Labute approximate surface area is 262 Å². The Morgan fingerprint density at radius 3 is 2.18 bits per heavy atom. The largest absolute Gasteiger partial charge is 0.493 e. The van der Waals surface area contributed by atoms with Crippen LogP contribution in [0.25, 0.3) is 0 Å². The first kappa shape index (κ1) is 35.9. The molecule has 0 bridgehead atoms. The van der Waals surface area contributed by atoms with Crippen LogP contribution >= 0.6 is 0 Å². The fraction of sp³-hybridized carbons (Fsp3) is 0.423. The average Bonchev–Trinajstić information content (AvgIpc) is 2.98. The second kappa shape index (κ2) is 16.1. The van der Waals surface area contributed by atoms with Crippen molar-refractivity contribution in [3.8, 4) is 5.75 Å². The van der Waals surface area contributed by atoms with Gasteiger partial charge in [0.1, 0.15) is 23.2 Å². The summed E-state index contributed by atoms with van der Waals surface area (Å²) in [5, 5.41) is 11.2. The van der Waals surface area contributed by atoms with Gasteiger partial charge in [0.15, 0.2) is 0 Å². The van der Waals surface area contributed by atoms with E-state index in [0.29, 0.717) is 46.3 Å². The second-order valence-corrected chi connectivity index (χ2v) is 14.6. The van der Waals surface area contributed by atoms with Gasteiger partial charge in [0.25, 0.3) is 30.4 Å². The van der Waals surface area contributed by atoms with E-state index in [-0.39, 0.29) is 43.4 Å². The molecule has 2 N–H and O–H groups in total. The molecule has 0 fully saturated rings. The Balaban J connectivity index is 1.86. The number of ether oxygens (including phenoxy) is 1. The summed E-state index contributed by atoms with van der Waals surface area (Å²) in [5.74, 6) is 0.296. The highest BCUT2D eigenvalue weighted by molar-refractivity contribution is 7.87. The minimum absolute atomic E-state index is 0.0138. The zero-order valence-corrected chi connectivity index (χ0v) is 27.2. The van der Waals surface area contributed by atoms with Gasteiger partial charge < -0.3 is 10.1 Å². The molecule has 246 valence electrons. The van der Waals surface area contributed by atoms with Crippen molar-refractivity contribution in [2.75, 3.05) is 44.2 Å². The van der Waals surface area contributed by atoms with Crippen molar-refractivity contribution in [2.45, 2.75) is 31.9 Å². The van der Waals surface area contributed by atoms with E-state index in [9.17, 15) is 25.3 Å². The number of hydrogen-bond donors (Lipinski definition) is 2. The molecule has 0 spiro atoms. The number of rotatable bonds is 18. The molecule has 3 aromatic rings. The van der Waals surface area contributed by atoms with Gasteiger partial charge in [-0.25, -0.2) is 4.98 Å². The minimum Gasteiger partial charge on any atom is -0.493 e. The number of hydrogen-bond acceptors (Lipinski definition) is 15. The van der Waals surface area contributed by atoms with Crippen molar-refractivity contribution in [3.63, 3.8) is 0 Å². The van der Waals surface area contributed by atoms with Crippen LogP contribution in [0.5, 0.6) is 5.75 Å². The number of aryl methyl sites for hydroxylation is 1. The van der Waals surface area contributed by atoms with Crippen LogP contribution in [0.3, 0.4) is 0 Å². The summed E-state index contributed by atoms with van der Waals surface area (Å²) in [7, 11) is -9.40. The summed E-state index contributed by atoms with van der Waals surface area (Å²) < 4.78 is 93.2. The van der Waals surface area contributed by atoms with Gasteiger partial charge in [0.05, 0.1) is 43.7 Å². The third kappa shape index (κ3) is 12.7. The zero-order valence-electron chi connectivity index (χ0n) is 24.8. The monoisotopic (exact) mass is 686 g/mol. The molecule has 0 aliphatic rings. The average molecular weight is 687 g/mol. The van der Waals surface area contributed by atoms with Crippen LogP contribution in [0.15, 0.2) is 52.7 Å². The standard InChI is InChI=1S/C26H34N6O10S3/c1-4-24-28-25(30-26(29-24)27-11-14-45(38,39)41-3)16-20-9-10-22(17-23(20)42-12-6-13-44(36,37)40-2)32-31-21-8-5-7-19(15-21)18-43(33,34)35/h5,7-10,15,17H,4,6,11-14,16,18H2,1-3H3,(H,33,34,35)(H,27,28,29,30). The summed E-state index contributed by atoms with van der Waals surface area (Å²) in [5.41, 5.74) is 1.70.